The van der Waals surface area contributed by atoms with E-state index in [1.54, 1.807) is 13.2 Å². The normalized spacial score (nSPS) is 10.2. The van der Waals surface area contributed by atoms with Gasteiger partial charge in [0.1, 0.15) is 5.75 Å². The minimum Gasteiger partial charge on any atom is -0.497 e. The molecule has 0 heterocycles. The van der Waals surface area contributed by atoms with Gasteiger partial charge in [-0.2, -0.15) is 0 Å². The Labute approximate surface area is 153 Å². The average molecular weight is 408 g/mol. The molecule has 0 saturated carbocycles. The summed E-state index contributed by atoms with van der Waals surface area (Å²) in [7, 11) is 1.61. The third-order valence-corrected chi connectivity index (χ3v) is 4.54. The highest BCUT2D eigenvalue weighted by molar-refractivity contribution is 9.10. The van der Waals surface area contributed by atoms with Gasteiger partial charge in [0, 0.05) is 22.3 Å². The molecule has 0 atom stereocenters. The van der Waals surface area contributed by atoms with Crippen LogP contribution in [0.5, 0.6) is 5.75 Å². The maximum absolute atomic E-state index is 12.5. The van der Waals surface area contributed by atoms with Crippen LogP contribution in [0.25, 0.3) is 0 Å². The number of hydrogen-bond acceptors (Lipinski definition) is 4. The van der Waals surface area contributed by atoms with Crippen LogP contribution in [0.4, 0.5) is 0 Å². The summed E-state index contributed by atoms with van der Waals surface area (Å²) in [6, 6.07) is 13.0. The second kappa shape index (κ2) is 8.75. The number of carbonyl (C=O) groups is 1. The van der Waals surface area contributed by atoms with Gasteiger partial charge in [-0.25, -0.2) is 0 Å². The molecule has 7 heteroatoms. The molecule has 0 bridgehead atoms. The number of methoxy groups -OCH3 is 1. The third kappa shape index (κ3) is 5.28. The number of halogens is 1. The highest BCUT2D eigenvalue weighted by atomic mass is 79.9. The molecule has 24 heavy (non-hydrogen) atoms. The molecule has 126 valence electrons. The molecule has 0 aromatic heterocycles. The zero-order valence-electron chi connectivity index (χ0n) is 13.1. The van der Waals surface area contributed by atoms with Crippen LogP contribution in [0.2, 0.25) is 0 Å². The van der Waals surface area contributed by atoms with Gasteiger partial charge in [-0.1, -0.05) is 39.8 Å². The molecule has 0 unspecified atom stereocenters. The monoisotopic (exact) mass is 407 g/mol. The van der Waals surface area contributed by atoms with E-state index in [0.29, 0.717) is 17.9 Å². The fourth-order valence-electron chi connectivity index (χ4n) is 2.12. The van der Waals surface area contributed by atoms with Gasteiger partial charge in [-0.3, -0.25) is 10.2 Å². The molecular weight excluding hydrogens is 390 g/mol. The smallest absolute Gasteiger partial charge is 0.251 e. The molecule has 4 N–H and O–H groups in total. The molecule has 0 spiro atoms. The van der Waals surface area contributed by atoms with Crippen LogP contribution < -0.4 is 15.8 Å². The molecule has 2 rings (SSSR count). The van der Waals surface area contributed by atoms with E-state index in [1.807, 2.05) is 36.4 Å². The zero-order valence-corrected chi connectivity index (χ0v) is 15.5. The van der Waals surface area contributed by atoms with Crippen molar-refractivity contribution in [2.24, 2.45) is 5.73 Å². The van der Waals surface area contributed by atoms with E-state index in [1.165, 1.54) is 11.8 Å². The second-order valence-electron chi connectivity index (χ2n) is 4.99. The van der Waals surface area contributed by atoms with Crippen molar-refractivity contribution >= 4 is 38.8 Å². The van der Waals surface area contributed by atoms with Gasteiger partial charge in [0.2, 0.25) is 0 Å². The van der Waals surface area contributed by atoms with Gasteiger partial charge < -0.3 is 15.8 Å². The first-order valence-corrected chi connectivity index (χ1v) is 8.94. The zero-order chi connectivity index (χ0) is 17.5. The lowest BCUT2D eigenvalue weighted by Crippen LogP contribution is -2.24. The van der Waals surface area contributed by atoms with Crippen molar-refractivity contribution < 1.29 is 9.53 Å². The minimum absolute atomic E-state index is 0.0257. The standard InChI is InChI=1S/C17H18BrN3O2S/c1-23-14-4-2-3-11(7-14)9-21-16(22)15-6-5-13(18)8-12(15)10-24-17(19)20/h2-8H,9-10H2,1H3,(H3,19,20)(H,21,22). The number of carbonyl (C=O) groups excluding carboxylic acids is 1. The lowest BCUT2D eigenvalue weighted by molar-refractivity contribution is 0.0950. The third-order valence-electron chi connectivity index (χ3n) is 3.28. The van der Waals surface area contributed by atoms with Crippen molar-refractivity contribution in [3.63, 3.8) is 0 Å². The molecule has 0 saturated heterocycles. The Morgan fingerprint density at radius 1 is 1.33 bits per heavy atom. The van der Waals surface area contributed by atoms with E-state index in [2.05, 4.69) is 21.2 Å². The molecule has 0 fully saturated rings. The van der Waals surface area contributed by atoms with Gasteiger partial charge in [-0.15, -0.1) is 0 Å². The molecule has 0 aliphatic heterocycles. The van der Waals surface area contributed by atoms with Crippen molar-refractivity contribution in [3.05, 3.63) is 63.6 Å². The molecule has 5 nitrogen and oxygen atoms in total. The predicted molar refractivity (Wildman–Crippen MR) is 102 cm³/mol. The Hall–Kier alpha value is -1.99. The lowest BCUT2D eigenvalue weighted by Gasteiger charge is -2.11. The minimum atomic E-state index is -0.163. The van der Waals surface area contributed by atoms with Crippen molar-refractivity contribution in [2.45, 2.75) is 12.3 Å². The number of nitrogens with one attached hydrogen (secondary N) is 2. The van der Waals surface area contributed by atoms with Crippen LogP contribution in [-0.2, 0) is 12.3 Å². The van der Waals surface area contributed by atoms with Crippen LogP contribution in [0.3, 0.4) is 0 Å². The Morgan fingerprint density at radius 3 is 2.83 bits per heavy atom. The molecule has 0 aliphatic carbocycles. The number of benzene rings is 2. The average Bonchev–Trinajstić information content (AvgIpc) is 2.58. The molecule has 0 radical (unpaired) electrons. The summed E-state index contributed by atoms with van der Waals surface area (Å²) < 4.78 is 6.06. The summed E-state index contributed by atoms with van der Waals surface area (Å²) in [5, 5.41) is 10.3. The van der Waals surface area contributed by atoms with E-state index in [-0.39, 0.29) is 11.1 Å². The number of amides is 1. The number of ether oxygens (including phenoxy) is 1. The maximum Gasteiger partial charge on any atom is 0.251 e. The predicted octanol–water partition coefficient (Wildman–Crippen LogP) is 3.51. The van der Waals surface area contributed by atoms with Crippen LogP contribution in [0, 0.1) is 5.41 Å². The molecular formula is C17H18BrN3O2S. The first-order chi connectivity index (χ1) is 11.5. The van der Waals surface area contributed by atoms with E-state index >= 15 is 0 Å². The Morgan fingerprint density at radius 2 is 2.12 bits per heavy atom. The molecule has 1 amide bonds. The van der Waals surface area contributed by atoms with Crippen molar-refractivity contribution in [2.75, 3.05) is 7.11 Å². The highest BCUT2D eigenvalue weighted by Gasteiger charge is 2.12. The summed E-state index contributed by atoms with van der Waals surface area (Å²) >= 11 is 4.59. The molecule has 2 aromatic rings. The quantitative estimate of drug-likeness (QED) is 0.504. The van der Waals surface area contributed by atoms with Gasteiger partial charge in [0.15, 0.2) is 5.17 Å². The van der Waals surface area contributed by atoms with Gasteiger partial charge in [-0.05, 0) is 41.5 Å². The fourth-order valence-corrected chi connectivity index (χ4v) is 3.08. The number of rotatable bonds is 6. The Kier molecular flexibility index (Phi) is 6.69. The fraction of sp³-hybridized carbons (Fsp3) is 0.176. The molecule has 0 aliphatic rings. The van der Waals surface area contributed by atoms with Crippen LogP contribution in [0.1, 0.15) is 21.5 Å². The first-order valence-electron chi connectivity index (χ1n) is 7.16. The maximum atomic E-state index is 12.5. The molecule has 2 aromatic carbocycles. The lowest BCUT2D eigenvalue weighted by atomic mass is 10.1. The summed E-state index contributed by atoms with van der Waals surface area (Å²) in [4.78, 5) is 12.5. The first kappa shape index (κ1) is 18.4. The van der Waals surface area contributed by atoms with Gasteiger partial charge in [0.05, 0.1) is 7.11 Å². The summed E-state index contributed by atoms with van der Waals surface area (Å²) in [5.74, 6) is 1.06. The van der Waals surface area contributed by atoms with Gasteiger partial charge >= 0.3 is 0 Å². The van der Waals surface area contributed by atoms with Crippen molar-refractivity contribution in [1.82, 2.24) is 5.32 Å². The largest absolute Gasteiger partial charge is 0.497 e. The van der Waals surface area contributed by atoms with E-state index in [4.69, 9.17) is 15.9 Å². The number of thioether (sulfide) groups is 1. The number of hydrogen-bond donors (Lipinski definition) is 3. The van der Waals surface area contributed by atoms with Crippen molar-refractivity contribution in [3.8, 4) is 5.75 Å². The SMILES string of the molecule is COc1cccc(CNC(=O)c2ccc(Br)cc2CSC(=N)N)c1. The van der Waals surface area contributed by atoms with Crippen LogP contribution in [-0.4, -0.2) is 18.2 Å². The summed E-state index contributed by atoms with van der Waals surface area (Å²) in [6.45, 7) is 0.408. The highest BCUT2D eigenvalue weighted by Crippen LogP contribution is 2.21. The summed E-state index contributed by atoms with van der Waals surface area (Å²) in [5.41, 5.74) is 7.75. The van der Waals surface area contributed by atoms with Crippen LogP contribution >= 0.6 is 27.7 Å². The topological polar surface area (TPSA) is 88.2 Å². The Balaban J connectivity index is 2.09. The second-order valence-corrected chi connectivity index (χ2v) is 6.92. The van der Waals surface area contributed by atoms with Crippen molar-refractivity contribution in [1.29, 1.82) is 5.41 Å². The van der Waals surface area contributed by atoms with E-state index in [0.717, 1.165) is 21.3 Å². The van der Waals surface area contributed by atoms with Crippen LogP contribution in [0.15, 0.2) is 46.9 Å². The number of amidine groups is 1. The Bertz CT molecular complexity index is 752. The van der Waals surface area contributed by atoms with E-state index in [9.17, 15) is 4.79 Å². The summed E-state index contributed by atoms with van der Waals surface area (Å²) in [6.07, 6.45) is 0. The van der Waals surface area contributed by atoms with Gasteiger partial charge in [0.25, 0.3) is 5.91 Å². The van der Waals surface area contributed by atoms with E-state index < -0.39 is 0 Å². The number of nitrogens with two attached hydrogens (primary N) is 1.